The standard InChI is InChI=1S/C14H18BrN3/c1-10-13(18(4)14(2,3)9-15)17-12-8-6-5-7-11(12)16-10/h5-8H,9H2,1-4H3. The van der Waals surface area contributed by atoms with Crippen molar-refractivity contribution in [2.45, 2.75) is 26.3 Å². The Bertz CT molecular complexity index is 566. The highest BCUT2D eigenvalue weighted by atomic mass is 79.9. The molecular weight excluding hydrogens is 290 g/mol. The van der Waals surface area contributed by atoms with E-state index in [2.05, 4.69) is 46.7 Å². The van der Waals surface area contributed by atoms with Gasteiger partial charge in [0, 0.05) is 17.9 Å². The van der Waals surface area contributed by atoms with Gasteiger partial charge in [-0.25, -0.2) is 9.97 Å². The van der Waals surface area contributed by atoms with Crippen molar-refractivity contribution in [3.63, 3.8) is 0 Å². The molecule has 0 unspecified atom stereocenters. The fourth-order valence-corrected chi connectivity index (χ4v) is 2.15. The van der Waals surface area contributed by atoms with E-state index in [0.29, 0.717) is 0 Å². The highest BCUT2D eigenvalue weighted by Gasteiger charge is 2.25. The van der Waals surface area contributed by atoms with Crippen molar-refractivity contribution in [1.82, 2.24) is 9.97 Å². The highest BCUT2D eigenvalue weighted by molar-refractivity contribution is 9.09. The average Bonchev–Trinajstić information content (AvgIpc) is 2.37. The number of alkyl halides is 1. The lowest BCUT2D eigenvalue weighted by Crippen LogP contribution is -2.43. The number of para-hydroxylation sites is 2. The molecule has 18 heavy (non-hydrogen) atoms. The summed E-state index contributed by atoms with van der Waals surface area (Å²) >= 11 is 3.55. The predicted molar refractivity (Wildman–Crippen MR) is 80.6 cm³/mol. The molecule has 0 aliphatic rings. The fourth-order valence-electron chi connectivity index (χ4n) is 1.77. The van der Waals surface area contributed by atoms with Crippen LogP contribution in [0.1, 0.15) is 19.5 Å². The molecular formula is C14H18BrN3. The van der Waals surface area contributed by atoms with Crippen LogP contribution in [-0.4, -0.2) is 27.9 Å². The molecule has 0 spiro atoms. The van der Waals surface area contributed by atoms with Crippen LogP contribution in [0, 0.1) is 6.92 Å². The second-order valence-electron chi connectivity index (χ2n) is 5.13. The maximum Gasteiger partial charge on any atom is 0.151 e. The van der Waals surface area contributed by atoms with Crippen molar-refractivity contribution < 1.29 is 0 Å². The van der Waals surface area contributed by atoms with Crippen molar-refractivity contribution in [2.75, 3.05) is 17.3 Å². The Labute approximate surface area is 116 Å². The largest absolute Gasteiger partial charge is 0.352 e. The third-order valence-electron chi connectivity index (χ3n) is 3.27. The van der Waals surface area contributed by atoms with E-state index in [1.807, 2.05) is 31.2 Å². The lowest BCUT2D eigenvalue weighted by molar-refractivity contribution is 0.545. The normalized spacial score (nSPS) is 11.8. The number of hydrogen-bond donors (Lipinski definition) is 0. The van der Waals surface area contributed by atoms with E-state index in [0.717, 1.165) is 27.9 Å². The number of aromatic nitrogens is 2. The zero-order valence-electron chi connectivity index (χ0n) is 11.2. The molecule has 1 heterocycles. The van der Waals surface area contributed by atoms with Gasteiger partial charge in [-0.05, 0) is 32.9 Å². The molecule has 4 heteroatoms. The number of aryl methyl sites for hydroxylation is 1. The van der Waals surface area contributed by atoms with Crippen molar-refractivity contribution >= 4 is 32.8 Å². The Morgan fingerprint density at radius 1 is 1.17 bits per heavy atom. The van der Waals surface area contributed by atoms with E-state index in [9.17, 15) is 0 Å². The molecule has 0 amide bonds. The van der Waals surface area contributed by atoms with E-state index < -0.39 is 0 Å². The van der Waals surface area contributed by atoms with Crippen LogP contribution in [0.25, 0.3) is 11.0 Å². The van der Waals surface area contributed by atoms with Gasteiger partial charge >= 0.3 is 0 Å². The molecule has 1 aromatic carbocycles. The van der Waals surface area contributed by atoms with Gasteiger partial charge in [0.15, 0.2) is 5.82 Å². The van der Waals surface area contributed by atoms with Gasteiger partial charge in [0.2, 0.25) is 0 Å². The van der Waals surface area contributed by atoms with Crippen LogP contribution in [-0.2, 0) is 0 Å². The molecule has 0 N–H and O–H groups in total. The van der Waals surface area contributed by atoms with Crippen LogP contribution in [0.15, 0.2) is 24.3 Å². The Hall–Kier alpha value is -1.16. The molecule has 0 saturated carbocycles. The first-order valence-corrected chi connectivity index (χ1v) is 7.11. The number of nitrogens with zero attached hydrogens (tertiary/aromatic N) is 3. The van der Waals surface area contributed by atoms with E-state index in [1.54, 1.807) is 0 Å². The SMILES string of the molecule is Cc1nc2ccccc2nc1N(C)C(C)(C)CBr. The van der Waals surface area contributed by atoms with Crippen LogP contribution in [0.4, 0.5) is 5.82 Å². The minimum atomic E-state index is 0.00188. The van der Waals surface area contributed by atoms with E-state index >= 15 is 0 Å². The van der Waals surface area contributed by atoms with Crippen LogP contribution >= 0.6 is 15.9 Å². The topological polar surface area (TPSA) is 29.0 Å². The smallest absolute Gasteiger partial charge is 0.151 e. The Balaban J connectivity index is 2.54. The fraction of sp³-hybridized carbons (Fsp3) is 0.429. The third kappa shape index (κ3) is 2.34. The van der Waals surface area contributed by atoms with Crippen molar-refractivity contribution in [3.8, 4) is 0 Å². The summed E-state index contributed by atoms with van der Waals surface area (Å²) in [6.45, 7) is 6.37. The Morgan fingerprint density at radius 3 is 2.28 bits per heavy atom. The quantitative estimate of drug-likeness (QED) is 0.812. The van der Waals surface area contributed by atoms with E-state index in [1.165, 1.54) is 0 Å². The average molecular weight is 308 g/mol. The van der Waals surface area contributed by atoms with Gasteiger partial charge in [-0.3, -0.25) is 0 Å². The van der Waals surface area contributed by atoms with Gasteiger partial charge < -0.3 is 4.90 Å². The number of halogens is 1. The summed E-state index contributed by atoms with van der Waals surface area (Å²) in [7, 11) is 2.06. The van der Waals surface area contributed by atoms with Gasteiger partial charge in [-0.15, -0.1) is 0 Å². The van der Waals surface area contributed by atoms with E-state index in [-0.39, 0.29) is 5.54 Å². The van der Waals surface area contributed by atoms with Gasteiger partial charge in [-0.2, -0.15) is 0 Å². The van der Waals surface area contributed by atoms with Crippen molar-refractivity contribution in [3.05, 3.63) is 30.0 Å². The van der Waals surface area contributed by atoms with Crippen LogP contribution < -0.4 is 4.90 Å². The van der Waals surface area contributed by atoms with Gasteiger partial charge in [-0.1, -0.05) is 28.1 Å². The summed E-state index contributed by atoms with van der Waals surface area (Å²) < 4.78 is 0. The number of anilines is 1. The molecule has 0 atom stereocenters. The molecule has 3 nitrogen and oxygen atoms in total. The summed E-state index contributed by atoms with van der Waals surface area (Å²) in [6.07, 6.45) is 0. The summed E-state index contributed by atoms with van der Waals surface area (Å²) in [5, 5.41) is 0.879. The highest BCUT2D eigenvalue weighted by Crippen LogP contribution is 2.26. The molecule has 1 aromatic heterocycles. The summed E-state index contributed by atoms with van der Waals surface area (Å²) in [5.74, 6) is 0.943. The zero-order chi connectivity index (χ0) is 13.3. The van der Waals surface area contributed by atoms with E-state index in [4.69, 9.17) is 4.98 Å². The third-order valence-corrected chi connectivity index (χ3v) is 4.64. The summed E-state index contributed by atoms with van der Waals surface area (Å²) in [5.41, 5.74) is 2.85. The number of fused-ring (bicyclic) bond motifs is 1. The lowest BCUT2D eigenvalue weighted by Gasteiger charge is -2.35. The number of rotatable bonds is 3. The minimum Gasteiger partial charge on any atom is -0.352 e. The minimum absolute atomic E-state index is 0.00188. The van der Waals surface area contributed by atoms with Crippen molar-refractivity contribution in [2.24, 2.45) is 0 Å². The predicted octanol–water partition coefficient (Wildman–Crippen LogP) is 3.55. The van der Waals surface area contributed by atoms with Gasteiger partial charge in [0.05, 0.1) is 16.7 Å². The second-order valence-corrected chi connectivity index (χ2v) is 5.69. The number of benzene rings is 1. The molecule has 0 fully saturated rings. The molecule has 0 aliphatic carbocycles. The Morgan fingerprint density at radius 2 is 1.72 bits per heavy atom. The van der Waals surface area contributed by atoms with Crippen LogP contribution in [0.2, 0.25) is 0 Å². The maximum absolute atomic E-state index is 4.73. The molecule has 0 saturated heterocycles. The second kappa shape index (κ2) is 4.84. The van der Waals surface area contributed by atoms with Crippen molar-refractivity contribution in [1.29, 1.82) is 0 Å². The Kier molecular flexibility index (Phi) is 3.57. The van der Waals surface area contributed by atoms with Crippen LogP contribution in [0.5, 0.6) is 0 Å². The molecule has 2 aromatic rings. The van der Waals surface area contributed by atoms with Gasteiger partial charge in [0.1, 0.15) is 0 Å². The zero-order valence-corrected chi connectivity index (χ0v) is 12.8. The maximum atomic E-state index is 4.73. The first-order valence-electron chi connectivity index (χ1n) is 5.99. The van der Waals surface area contributed by atoms with Gasteiger partial charge in [0.25, 0.3) is 0 Å². The first kappa shape index (κ1) is 13.3. The molecule has 96 valence electrons. The number of hydrogen-bond acceptors (Lipinski definition) is 3. The molecule has 0 bridgehead atoms. The van der Waals surface area contributed by atoms with Crippen LogP contribution in [0.3, 0.4) is 0 Å². The summed E-state index contributed by atoms with van der Waals surface area (Å²) in [4.78, 5) is 11.5. The summed E-state index contributed by atoms with van der Waals surface area (Å²) in [6, 6.07) is 7.98. The monoisotopic (exact) mass is 307 g/mol. The molecule has 0 aliphatic heterocycles. The molecule has 2 rings (SSSR count). The molecule has 0 radical (unpaired) electrons. The lowest BCUT2D eigenvalue weighted by atomic mass is 10.1. The first-order chi connectivity index (χ1) is 8.45.